The second kappa shape index (κ2) is 7.01. The number of carbonyl (C=O) groups is 1. The number of aryl methyl sites for hydroxylation is 1. The van der Waals surface area contributed by atoms with Gasteiger partial charge in [-0.2, -0.15) is 4.31 Å². The molecule has 1 heterocycles. The van der Waals surface area contributed by atoms with Gasteiger partial charge in [-0.05, 0) is 49.9 Å². The van der Waals surface area contributed by atoms with Crippen molar-refractivity contribution in [2.45, 2.75) is 69.2 Å². The SMILES string of the molecule is Cc1ccc(S(=O)(=O)N2C3c4ccccc4CC3OC2C2(C)CCCCC2=O)cc1. The van der Waals surface area contributed by atoms with Crippen LogP contribution in [-0.2, 0) is 26.0 Å². The molecule has 1 saturated heterocycles. The Morgan fingerprint density at radius 3 is 2.53 bits per heavy atom. The molecule has 30 heavy (non-hydrogen) atoms. The molecule has 2 aliphatic carbocycles. The summed E-state index contributed by atoms with van der Waals surface area (Å²) < 4.78 is 35.8. The molecule has 6 heteroatoms. The standard InChI is InChI=1S/C24H27NO4S/c1-16-10-12-18(13-11-16)30(27,28)25-22-19-8-4-3-7-17(19)15-20(22)29-23(25)24(2)14-6-5-9-21(24)26/h3-4,7-8,10-13,20,22-23H,5-6,9,14-15H2,1-2H3. The maximum atomic E-state index is 13.9. The van der Waals surface area contributed by atoms with Crippen LogP contribution in [0.3, 0.4) is 0 Å². The van der Waals surface area contributed by atoms with Gasteiger partial charge in [0.05, 0.1) is 22.5 Å². The van der Waals surface area contributed by atoms with E-state index in [0.29, 0.717) is 19.3 Å². The highest BCUT2D eigenvalue weighted by Crippen LogP contribution is 2.53. The maximum Gasteiger partial charge on any atom is 0.245 e. The first-order valence-corrected chi connectivity index (χ1v) is 12.1. The summed E-state index contributed by atoms with van der Waals surface area (Å²) in [5.41, 5.74) is 2.29. The van der Waals surface area contributed by atoms with Gasteiger partial charge < -0.3 is 4.74 Å². The van der Waals surface area contributed by atoms with Crippen molar-refractivity contribution < 1.29 is 17.9 Å². The molecule has 0 spiro atoms. The minimum absolute atomic E-state index is 0.108. The summed E-state index contributed by atoms with van der Waals surface area (Å²) in [6, 6.07) is 14.5. The first-order chi connectivity index (χ1) is 14.3. The van der Waals surface area contributed by atoms with Gasteiger partial charge in [-0.25, -0.2) is 8.42 Å². The minimum Gasteiger partial charge on any atom is -0.355 e. The Bertz CT molecular complexity index is 1090. The predicted molar refractivity (Wildman–Crippen MR) is 113 cm³/mol. The normalized spacial score (nSPS) is 31.5. The van der Waals surface area contributed by atoms with Crippen LogP contribution in [0.5, 0.6) is 0 Å². The van der Waals surface area contributed by atoms with Crippen LogP contribution in [0.25, 0.3) is 0 Å². The Kier molecular flexibility index (Phi) is 4.65. The number of ketones is 1. The van der Waals surface area contributed by atoms with Crippen LogP contribution in [0.15, 0.2) is 53.4 Å². The third kappa shape index (κ3) is 2.88. The van der Waals surface area contributed by atoms with E-state index in [1.807, 2.05) is 50.2 Å². The lowest BCUT2D eigenvalue weighted by molar-refractivity contribution is -0.145. The molecule has 3 aliphatic rings. The zero-order valence-corrected chi connectivity index (χ0v) is 18.2. The third-order valence-electron chi connectivity index (χ3n) is 7.08. The van der Waals surface area contributed by atoms with Gasteiger partial charge in [0.1, 0.15) is 12.0 Å². The summed E-state index contributed by atoms with van der Waals surface area (Å²) in [4.78, 5) is 13.3. The second-order valence-corrected chi connectivity index (χ2v) is 10.9. The van der Waals surface area contributed by atoms with E-state index >= 15 is 0 Å². The van der Waals surface area contributed by atoms with E-state index < -0.39 is 27.7 Å². The number of hydrogen-bond acceptors (Lipinski definition) is 4. The van der Waals surface area contributed by atoms with Crippen LogP contribution in [0, 0.1) is 12.3 Å². The average molecular weight is 426 g/mol. The molecule has 4 atom stereocenters. The summed E-state index contributed by atoms with van der Waals surface area (Å²) in [5.74, 6) is 0.108. The molecule has 0 aromatic heterocycles. The molecule has 4 unspecified atom stereocenters. The summed E-state index contributed by atoms with van der Waals surface area (Å²) in [7, 11) is -3.86. The van der Waals surface area contributed by atoms with Crippen molar-refractivity contribution in [3.8, 4) is 0 Å². The number of sulfonamides is 1. The summed E-state index contributed by atoms with van der Waals surface area (Å²) in [6.07, 6.45) is 2.53. The lowest BCUT2D eigenvalue weighted by Crippen LogP contribution is -2.51. The smallest absolute Gasteiger partial charge is 0.245 e. The van der Waals surface area contributed by atoms with Crippen LogP contribution in [0.1, 0.15) is 55.3 Å². The Balaban J connectivity index is 1.65. The van der Waals surface area contributed by atoms with Crippen LogP contribution >= 0.6 is 0 Å². The number of fused-ring (bicyclic) bond motifs is 3. The van der Waals surface area contributed by atoms with Crippen LogP contribution < -0.4 is 0 Å². The largest absolute Gasteiger partial charge is 0.355 e. The number of carbonyl (C=O) groups excluding carboxylic acids is 1. The van der Waals surface area contributed by atoms with Crippen molar-refractivity contribution >= 4 is 15.8 Å². The third-order valence-corrected chi connectivity index (χ3v) is 8.93. The summed E-state index contributed by atoms with van der Waals surface area (Å²) >= 11 is 0. The van der Waals surface area contributed by atoms with Gasteiger partial charge in [0.25, 0.3) is 0 Å². The van der Waals surface area contributed by atoms with E-state index in [0.717, 1.165) is 29.5 Å². The molecule has 0 N–H and O–H groups in total. The fourth-order valence-electron chi connectivity index (χ4n) is 5.33. The molecule has 5 rings (SSSR count). The molecule has 5 nitrogen and oxygen atoms in total. The summed E-state index contributed by atoms with van der Waals surface area (Å²) in [5, 5.41) is 0. The highest BCUT2D eigenvalue weighted by molar-refractivity contribution is 7.89. The van der Waals surface area contributed by atoms with E-state index in [-0.39, 0.29) is 16.8 Å². The molecule has 0 amide bonds. The Hall–Kier alpha value is -2.02. The Labute approximate surface area is 178 Å². The van der Waals surface area contributed by atoms with Gasteiger partial charge in [0.2, 0.25) is 10.0 Å². The molecule has 1 aliphatic heterocycles. The van der Waals surface area contributed by atoms with Crippen molar-refractivity contribution in [1.29, 1.82) is 0 Å². The van der Waals surface area contributed by atoms with Gasteiger partial charge in [0.15, 0.2) is 0 Å². The lowest BCUT2D eigenvalue weighted by atomic mass is 9.73. The van der Waals surface area contributed by atoms with Gasteiger partial charge in [-0.3, -0.25) is 4.79 Å². The van der Waals surface area contributed by atoms with Crippen molar-refractivity contribution in [3.05, 3.63) is 65.2 Å². The maximum absolute atomic E-state index is 13.9. The Morgan fingerprint density at radius 2 is 1.80 bits per heavy atom. The number of rotatable bonds is 3. The first kappa shape index (κ1) is 19.9. The molecule has 1 saturated carbocycles. The lowest BCUT2D eigenvalue weighted by Gasteiger charge is -2.41. The zero-order valence-electron chi connectivity index (χ0n) is 17.4. The van der Waals surface area contributed by atoms with Gasteiger partial charge in [-0.1, -0.05) is 48.4 Å². The van der Waals surface area contributed by atoms with Crippen molar-refractivity contribution in [3.63, 3.8) is 0 Å². The van der Waals surface area contributed by atoms with E-state index in [2.05, 4.69) is 0 Å². The molecule has 0 radical (unpaired) electrons. The monoisotopic (exact) mass is 425 g/mol. The quantitative estimate of drug-likeness (QED) is 0.741. The number of nitrogens with zero attached hydrogens (tertiary/aromatic N) is 1. The van der Waals surface area contributed by atoms with Crippen LogP contribution in [0.2, 0.25) is 0 Å². The van der Waals surface area contributed by atoms with E-state index in [4.69, 9.17) is 4.74 Å². The summed E-state index contributed by atoms with van der Waals surface area (Å²) in [6.45, 7) is 3.83. The van der Waals surface area contributed by atoms with Crippen molar-refractivity contribution in [2.24, 2.45) is 5.41 Å². The van der Waals surface area contributed by atoms with Crippen molar-refractivity contribution in [2.75, 3.05) is 0 Å². The van der Waals surface area contributed by atoms with E-state index in [1.165, 1.54) is 4.31 Å². The first-order valence-electron chi connectivity index (χ1n) is 10.7. The van der Waals surface area contributed by atoms with Gasteiger partial charge in [-0.15, -0.1) is 0 Å². The fourth-order valence-corrected chi connectivity index (χ4v) is 7.14. The average Bonchev–Trinajstić information content (AvgIpc) is 3.27. The van der Waals surface area contributed by atoms with Crippen molar-refractivity contribution in [1.82, 2.24) is 4.31 Å². The van der Waals surface area contributed by atoms with E-state index in [9.17, 15) is 13.2 Å². The molecule has 0 bridgehead atoms. The topological polar surface area (TPSA) is 63.7 Å². The highest BCUT2D eigenvalue weighted by Gasteiger charge is 2.60. The van der Waals surface area contributed by atoms with Gasteiger partial charge in [0, 0.05) is 12.8 Å². The molecule has 2 aromatic carbocycles. The number of ether oxygens (including phenoxy) is 1. The second-order valence-electron chi connectivity index (χ2n) is 9.07. The predicted octanol–water partition coefficient (Wildman–Crippen LogP) is 4.16. The molecule has 2 fully saturated rings. The van der Waals surface area contributed by atoms with Crippen LogP contribution in [0.4, 0.5) is 0 Å². The minimum atomic E-state index is -3.86. The molecular formula is C24H27NO4S. The molecular weight excluding hydrogens is 398 g/mol. The zero-order chi connectivity index (χ0) is 21.1. The fraction of sp³-hybridized carbons (Fsp3) is 0.458. The van der Waals surface area contributed by atoms with Gasteiger partial charge >= 0.3 is 0 Å². The number of benzene rings is 2. The van der Waals surface area contributed by atoms with E-state index in [1.54, 1.807) is 12.1 Å². The Morgan fingerprint density at radius 1 is 1.07 bits per heavy atom. The highest BCUT2D eigenvalue weighted by atomic mass is 32.2. The van der Waals surface area contributed by atoms with Crippen LogP contribution in [-0.4, -0.2) is 30.8 Å². The molecule has 158 valence electrons. The molecule has 2 aromatic rings. The number of Topliss-reactive ketones (excluding diaryl/α,β-unsaturated/α-hetero) is 1. The number of hydrogen-bond donors (Lipinski definition) is 0.